The van der Waals surface area contributed by atoms with Gasteiger partial charge in [0.2, 0.25) is 0 Å². The van der Waals surface area contributed by atoms with E-state index in [-0.39, 0.29) is 0 Å². The summed E-state index contributed by atoms with van der Waals surface area (Å²) in [5.74, 6) is 0.799. The number of rotatable bonds is 4. The van der Waals surface area contributed by atoms with Gasteiger partial charge in [-0.05, 0) is 30.0 Å². The predicted octanol–water partition coefficient (Wildman–Crippen LogP) is 2.89. The molecule has 1 aliphatic heterocycles. The normalized spacial score (nSPS) is 24.9. The van der Waals surface area contributed by atoms with Crippen LogP contribution >= 0.6 is 0 Å². The van der Waals surface area contributed by atoms with Crippen LogP contribution in [0.15, 0.2) is 24.3 Å². The first-order valence-electron chi connectivity index (χ1n) is 6.16. The predicted molar refractivity (Wildman–Crippen MR) is 66.3 cm³/mol. The molecule has 0 radical (unpaired) electrons. The molecular formula is C14H21NO. The van der Waals surface area contributed by atoms with E-state index in [1.54, 1.807) is 7.11 Å². The van der Waals surface area contributed by atoms with Gasteiger partial charge in [-0.3, -0.25) is 0 Å². The lowest BCUT2D eigenvalue weighted by molar-refractivity contribution is 0.185. The van der Waals surface area contributed by atoms with Gasteiger partial charge in [0.25, 0.3) is 0 Å². The zero-order valence-corrected chi connectivity index (χ0v) is 10.2. The standard InChI is InChI=1S/C14H21NO/c1-3-12-8-9-15-14(12)13-6-4-11(5-7-13)10-16-2/h4-7,12,14-15H,3,8-10H2,1-2H3. The Bertz CT molecular complexity index is 320. The molecule has 0 aliphatic carbocycles. The molecule has 1 saturated heterocycles. The Labute approximate surface area is 98.0 Å². The average Bonchev–Trinajstić information content (AvgIpc) is 2.78. The highest BCUT2D eigenvalue weighted by molar-refractivity contribution is 5.26. The first kappa shape index (κ1) is 11.6. The van der Waals surface area contributed by atoms with Crippen molar-refractivity contribution in [3.63, 3.8) is 0 Å². The van der Waals surface area contributed by atoms with Crippen LogP contribution in [0.2, 0.25) is 0 Å². The molecule has 1 aromatic rings. The van der Waals surface area contributed by atoms with Gasteiger partial charge in [0.1, 0.15) is 0 Å². The molecule has 1 aliphatic rings. The lowest BCUT2D eigenvalue weighted by atomic mass is 9.92. The number of nitrogens with one attached hydrogen (secondary N) is 1. The molecule has 1 aromatic carbocycles. The molecule has 88 valence electrons. The molecule has 2 unspecified atom stereocenters. The molecule has 1 N–H and O–H groups in total. The minimum Gasteiger partial charge on any atom is -0.380 e. The molecular weight excluding hydrogens is 198 g/mol. The summed E-state index contributed by atoms with van der Waals surface area (Å²) in [5, 5.41) is 3.59. The van der Waals surface area contributed by atoms with Gasteiger partial charge in [-0.2, -0.15) is 0 Å². The summed E-state index contributed by atoms with van der Waals surface area (Å²) in [6.45, 7) is 4.14. The third-order valence-electron chi connectivity index (χ3n) is 3.53. The van der Waals surface area contributed by atoms with Gasteiger partial charge in [-0.15, -0.1) is 0 Å². The number of hydrogen-bond acceptors (Lipinski definition) is 2. The fraction of sp³-hybridized carbons (Fsp3) is 0.571. The van der Waals surface area contributed by atoms with Gasteiger partial charge in [0.05, 0.1) is 6.61 Å². The highest BCUT2D eigenvalue weighted by Gasteiger charge is 2.26. The van der Waals surface area contributed by atoms with Crippen LogP contribution in [0.4, 0.5) is 0 Å². The van der Waals surface area contributed by atoms with E-state index in [0.29, 0.717) is 12.6 Å². The maximum Gasteiger partial charge on any atom is 0.0713 e. The fourth-order valence-corrected chi connectivity index (χ4v) is 2.58. The van der Waals surface area contributed by atoms with E-state index in [1.807, 2.05) is 0 Å². The van der Waals surface area contributed by atoms with Crippen LogP contribution in [0, 0.1) is 5.92 Å². The number of ether oxygens (including phenoxy) is 1. The Hall–Kier alpha value is -0.860. The minimum atomic E-state index is 0.557. The zero-order chi connectivity index (χ0) is 11.4. The molecule has 0 amide bonds. The summed E-state index contributed by atoms with van der Waals surface area (Å²) in [6, 6.07) is 9.37. The van der Waals surface area contributed by atoms with Crippen molar-refractivity contribution in [1.82, 2.24) is 5.32 Å². The average molecular weight is 219 g/mol. The first-order valence-corrected chi connectivity index (χ1v) is 6.16. The molecule has 0 bridgehead atoms. The molecule has 0 aromatic heterocycles. The molecule has 2 atom stereocenters. The van der Waals surface area contributed by atoms with Crippen molar-refractivity contribution in [3.05, 3.63) is 35.4 Å². The Balaban J connectivity index is 2.08. The monoisotopic (exact) mass is 219 g/mol. The van der Waals surface area contributed by atoms with E-state index in [0.717, 1.165) is 12.5 Å². The molecule has 1 heterocycles. The highest BCUT2D eigenvalue weighted by atomic mass is 16.5. The Morgan fingerprint density at radius 3 is 2.69 bits per heavy atom. The van der Waals surface area contributed by atoms with Gasteiger partial charge in [0, 0.05) is 13.2 Å². The number of methoxy groups -OCH3 is 1. The molecule has 1 fully saturated rings. The summed E-state index contributed by atoms with van der Waals surface area (Å²) in [7, 11) is 1.74. The second-order valence-corrected chi connectivity index (χ2v) is 4.56. The van der Waals surface area contributed by atoms with Gasteiger partial charge < -0.3 is 10.1 Å². The van der Waals surface area contributed by atoms with Crippen LogP contribution in [-0.4, -0.2) is 13.7 Å². The third kappa shape index (κ3) is 2.45. The molecule has 16 heavy (non-hydrogen) atoms. The van der Waals surface area contributed by atoms with Crippen LogP contribution in [0.5, 0.6) is 0 Å². The van der Waals surface area contributed by atoms with E-state index in [2.05, 4.69) is 36.5 Å². The Kier molecular flexibility index (Phi) is 3.97. The summed E-state index contributed by atoms with van der Waals surface area (Å²) < 4.78 is 5.12. The van der Waals surface area contributed by atoms with Gasteiger partial charge in [-0.1, -0.05) is 37.6 Å². The van der Waals surface area contributed by atoms with E-state index in [1.165, 1.54) is 24.0 Å². The maximum absolute atomic E-state index is 5.12. The molecule has 2 nitrogen and oxygen atoms in total. The quantitative estimate of drug-likeness (QED) is 0.840. The highest BCUT2D eigenvalue weighted by Crippen LogP contribution is 2.31. The van der Waals surface area contributed by atoms with Crippen LogP contribution in [0.25, 0.3) is 0 Å². The van der Waals surface area contributed by atoms with Crippen molar-refractivity contribution in [2.24, 2.45) is 5.92 Å². The largest absolute Gasteiger partial charge is 0.380 e. The second kappa shape index (κ2) is 5.46. The molecule has 0 spiro atoms. The lowest BCUT2D eigenvalue weighted by Gasteiger charge is -2.18. The number of hydrogen-bond donors (Lipinski definition) is 1. The van der Waals surface area contributed by atoms with Crippen molar-refractivity contribution >= 4 is 0 Å². The van der Waals surface area contributed by atoms with Crippen molar-refractivity contribution < 1.29 is 4.74 Å². The smallest absolute Gasteiger partial charge is 0.0713 e. The summed E-state index contributed by atoms with van der Waals surface area (Å²) in [5.41, 5.74) is 2.67. The SMILES string of the molecule is CCC1CCNC1c1ccc(COC)cc1. The topological polar surface area (TPSA) is 21.3 Å². The summed E-state index contributed by atoms with van der Waals surface area (Å²) in [4.78, 5) is 0. The van der Waals surface area contributed by atoms with Crippen molar-refractivity contribution in [2.45, 2.75) is 32.4 Å². The second-order valence-electron chi connectivity index (χ2n) is 4.56. The van der Waals surface area contributed by atoms with E-state index in [9.17, 15) is 0 Å². The molecule has 0 saturated carbocycles. The molecule has 2 rings (SSSR count). The van der Waals surface area contributed by atoms with E-state index < -0.39 is 0 Å². The van der Waals surface area contributed by atoms with Crippen LogP contribution in [0.1, 0.15) is 36.9 Å². The van der Waals surface area contributed by atoms with E-state index >= 15 is 0 Å². The maximum atomic E-state index is 5.12. The molecule has 2 heteroatoms. The van der Waals surface area contributed by atoms with Crippen LogP contribution in [0.3, 0.4) is 0 Å². The van der Waals surface area contributed by atoms with Crippen molar-refractivity contribution in [1.29, 1.82) is 0 Å². The van der Waals surface area contributed by atoms with Gasteiger partial charge >= 0.3 is 0 Å². The number of benzene rings is 1. The Morgan fingerprint density at radius 2 is 2.06 bits per heavy atom. The lowest BCUT2D eigenvalue weighted by Crippen LogP contribution is -2.17. The first-order chi connectivity index (χ1) is 7.85. The third-order valence-corrected chi connectivity index (χ3v) is 3.53. The zero-order valence-electron chi connectivity index (χ0n) is 10.2. The minimum absolute atomic E-state index is 0.557. The van der Waals surface area contributed by atoms with Gasteiger partial charge in [-0.25, -0.2) is 0 Å². The Morgan fingerprint density at radius 1 is 1.31 bits per heavy atom. The van der Waals surface area contributed by atoms with Crippen molar-refractivity contribution in [2.75, 3.05) is 13.7 Å². The van der Waals surface area contributed by atoms with Crippen LogP contribution < -0.4 is 5.32 Å². The fourth-order valence-electron chi connectivity index (χ4n) is 2.58. The van der Waals surface area contributed by atoms with Gasteiger partial charge in [0.15, 0.2) is 0 Å². The summed E-state index contributed by atoms with van der Waals surface area (Å²) in [6.07, 6.45) is 2.57. The summed E-state index contributed by atoms with van der Waals surface area (Å²) >= 11 is 0. The van der Waals surface area contributed by atoms with E-state index in [4.69, 9.17) is 4.74 Å². The van der Waals surface area contributed by atoms with Crippen molar-refractivity contribution in [3.8, 4) is 0 Å². The van der Waals surface area contributed by atoms with Crippen LogP contribution in [-0.2, 0) is 11.3 Å².